The second-order valence-electron chi connectivity index (χ2n) is 2.85. The third-order valence-corrected chi connectivity index (χ3v) is 1.85. The number of rotatable bonds is 5. The molecule has 0 aromatic heterocycles. The first kappa shape index (κ1) is 9.23. The Kier molecular flexibility index (Phi) is 4.42. The topological polar surface area (TPSA) is 32.3 Å². The van der Waals surface area contributed by atoms with Crippen LogP contribution in [0.2, 0.25) is 0 Å². The lowest BCUT2D eigenvalue weighted by Gasteiger charge is -1.99. The molecule has 0 saturated heterocycles. The van der Waals surface area contributed by atoms with Crippen molar-refractivity contribution in [1.29, 1.82) is 0 Å². The average molecular weight is 165 g/mol. The van der Waals surface area contributed by atoms with Crippen LogP contribution in [-0.2, 0) is 6.42 Å². The molecular weight excluding hydrogens is 150 g/mol. The highest BCUT2D eigenvalue weighted by Crippen LogP contribution is 2.03. The summed E-state index contributed by atoms with van der Waals surface area (Å²) < 4.78 is 0. The number of unbranched alkanes of at least 4 members (excludes halogenated alkanes) is 1. The molecule has 0 atom stereocenters. The maximum Gasteiger partial charge on any atom is 0.0207 e. The molecule has 0 amide bonds. The van der Waals surface area contributed by atoms with E-state index in [9.17, 15) is 0 Å². The lowest BCUT2D eigenvalue weighted by atomic mass is 10.1. The standard InChI is InChI=1S/C10H15NO/c12-11-9-5-4-8-10-6-2-1-3-7-10/h1-3,6-7,11-12H,4-5,8-9H2. The van der Waals surface area contributed by atoms with Gasteiger partial charge in [-0.2, -0.15) is 0 Å². The van der Waals surface area contributed by atoms with Crippen LogP contribution in [0.1, 0.15) is 18.4 Å². The predicted octanol–water partition coefficient (Wildman–Crippen LogP) is 1.99. The molecule has 0 heterocycles. The predicted molar refractivity (Wildman–Crippen MR) is 49.2 cm³/mol. The van der Waals surface area contributed by atoms with Crippen LogP contribution in [0, 0.1) is 0 Å². The van der Waals surface area contributed by atoms with E-state index in [1.807, 2.05) is 6.07 Å². The Morgan fingerprint density at radius 2 is 1.83 bits per heavy atom. The summed E-state index contributed by atoms with van der Waals surface area (Å²) in [5.41, 5.74) is 3.52. The van der Waals surface area contributed by atoms with Crippen molar-refractivity contribution in [2.45, 2.75) is 19.3 Å². The highest BCUT2D eigenvalue weighted by atomic mass is 16.5. The molecule has 1 aromatic rings. The summed E-state index contributed by atoms with van der Waals surface area (Å²) in [4.78, 5) is 0. The highest BCUT2D eigenvalue weighted by Gasteiger charge is 1.90. The van der Waals surface area contributed by atoms with Crippen molar-refractivity contribution >= 4 is 0 Å². The number of aryl methyl sites for hydroxylation is 1. The number of benzene rings is 1. The molecule has 0 aliphatic rings. The molecule has 1 rings (SSSR count). The van der Waals surface area contributed by atoms with Gasteiger partial charge in [0, 0.05) is 6.54 Å². The Balaban J connectivity index is 2.16. The van der Waals surface area contributed by atoms with Gasteiger partial charge in [-0.25, -0.2) is 5.48 Å². The summed E-state index contributed by atoms with van der Waals surface area (Å²) in [5.74, 6) is 0. The molecule has 2 heteroatoms. The third kappa shape index (κ3) is 3.51. The van der Waals surface area contributed by atoms with Crippen LogP contribution in [0.15, 0.2) is 30.3 Å². The van der Waals surface area contributed by atoms with Gasteiger partial charge in [0.2, 0.25) is 0 Å². The van der Waals surface area contributed by atoms with E-state index in [2.05, 4.69) is 29.7 Å². The van der Waals surface area contributed by atoms with Gasteiger partial charge in [-0.05, 0) is 24.8 Å². The molecule has 2 N–H and O–H groups in total. The van der Waals surface area contributed by atoms with Crippen molar-refractivity contribution in [2.24, 2.45) is 0 Å². The van der Waals surface area contributed by atoms with Crippen molar-refractivity contribution in [3.63, 3.8) is 0 Å². The fourth-order valence-electron chi connectivity index (χ4n) is 1.18. The molecule has 0 aliphatic carbocycles. The van der Waals surface area contributed by atoms with E-state index in [4.69, 9.17) is 5.21 Å². The summed E-state index contributed by atoms with van der Waals surface area (Å²) in [7, 11) is 0. The van der Waals surface area contributed by atoms with E-state index in [0.717, 1.165) is 19.3 Å². The Bertz CT molecular complexity index is 198. The Labute approximate surface area is 73.2 Å². The van der Waals surface area contributed by atoms with Gasteiger partial charge in [-0.3, -0.25) is 0 Å². The first-order valence-electron chi connectivity index (χ1n) is 4.34. The van der Waals surface area contributed by atoms with Crippen LogP contribution in [-0.4, -0.2) is 11.8 Å². The highest BCUT2D eigenvalue weighted by molar-refractivity contribution is 5.14. The smallest absolute Gasteiger partial charge is 0.0207 e. The zero-order valence-electron chi connectivity index (χ0n) is 7.16. The molecule has 0 unspecified atom stereocenters. The maximum atomic E-state index is 8.31. The number of hydrogen-bond donors (Lipinski definition) is 2. The van der Waals surface area contributed by atoms with Gasteiger partial charge >= 0.3 is 0 Å². The summed E-state index contributed by atoms with van der Waals surface area (Å²) in [6.45, 7) is 0.687. The van der Waals surface area contributed by atoms with Crippen LogP contribution in [0.25, 0.3) is 0 Å². The van der Waals surface area contributed by atoms with Crippen molar-refractivity contribution in [1.82, 2.24) is 5.48 Å². The molecule has 0 spiro atoms. The van der Waals surface area contributed by atoms with Gasteiger partial charge in [-0.1, -0.05) is 30.3 Å². The molecule has 0 radical (unpaired) electrons. The zero-order chi connectivity index (χ0) is 8.65. The molecular formula is C10H15NO. The van der Waals surface area contributed by atoms with Gasteiger partial charge in [-0.15, -0.1) is 0 Å². The normalized spacial score (nSPS) is 10.1. The van der Waals surface area contributed by atoms with Gasteiger partial charge in [0.15, 0.2) is 0 Å². The van der Waals surface area contributed by atoms with Crippen LogP contribution in [0.3, 0.4) is 0 Å². The number of nitrogens with one attached hydrogen (secondary N) is 1. The van der Waals surface area contributed by atoms with Crippen LogP contribution < -0.4 is 5.48 Å². The SMILES string of the molecule is ONCCCCc1ccccc1. The van der Waals surface area contributed by atoms with Crippen LogP contribution >= 0.6 is 0 Å². The van der Waals surface area contributed by atoms with E-state index >= 15 is 0 Å². The molecule has 0 bridgehead atoms. The third-order valence-electron chi connectivity index (χ3n) is 1.85. The van der Waals surface area contributed by atoms with Gasteiger partial charge in [0.25, 0.3) is 0 Å². The molecule has 1 aromatic carbocycles. The zero-order valence-corrected chi connectivity index (χ0v) is 7.16. The fourth-order valence-corrected chi connectivity index (χ4v) is 1.18. The fraction of sp³-hybridized carbons (Fsp3) is 0.400. The van der Waals surface area contributed by atoms with Gasteiger partial charge < -0.3 is 5.21 Å². The van der Waals surface area contributed by atoms with Gasteiger partial charge in [0.1, 0.15) is 0 Å². The van der Waals surface area contributed by atoms with E-state index in [1.165, 1.54) is 5.56 Å². The molecule has 0 fully saturated rings. The molecule has 66 valence electrons. The Hall–Kier alpha value is -0.860. The minimum absolute atomic E-state index is 0.687. The number of hydrogen-bond acceptors (Lipinski definition) is 2. The lowest BCUT2D eigenvalue weighted by Crippen LogP contribution is -2.08. The Morgan fingerprint density at radius 1 is 1.08 bits per heavy atom. The first-order chi connectivity index (χ1) is 5.93. The monoisotopic (exact) mass is 165 g/mol. The average Bonchev–Trinajstić information content (AvgIpc) is 2.14. The van der Waals surface area contributed by atoms with E-state index in [1.54, 1.807) is 0 Å². The summed E-state index contributed by atoms with van der Waals surface area (Å²) in [6.07, 6.45) is 3.24. The quantitative estimate of drug-likeness (QED) is 0.516. The summed E-state index contributed by atoms with van der Waals surface area (Å²) in [5, 5.41) is 8.31. The summed E-state index contributed by atoms with van der Waals surface area (Å²) in [6, 6.07) is 10.4. The lowest BCUT2D eigenvalue weighted by molar-refractivity contribution is 0.165. The van der Waals surface area contributed by atoms with E-state index in [0.29, 0.717) is 6.54 Å². The molecule has 0 aliphatic heterocycles. The van der Waals surface area contributed by atoms with Crippen molar-refractivity contribution < 1.29 is 5.21 Å². The van der Waals surface area contributed by atoms with Crippen LogP contribution in [0.4, 0.5) is 0 Å². The molecule has 2 nitrogen and oxygen atoms in total. The van der Waals surface area contributed by atoms with Crippen LogP contribution in [0.5, 0.6) is 0 Å². The summed E-state index contributed by atoms with van der Waals surface area (Å²) >= 11 is 0. The van der Waals surface area contributed by atoms with Crippen molar-refractivity contribution in [3.05, 3.63) is 35.9 Å². The van der Waals surface area contributed by atoms with Gasteiger partial charge in [0.05, 0.1) is 0 Å². The molecule has 0 saturated carbocycles. The van der Waals surface area contributed by atoms with E-state index in [-0.39, 0.29) is 0 Å². The van der Waals surface area contributed by atoms with Crippen molar-refractivity contribution in [3.8, 4) is 0 Å². The first-order valence-corrected chi connectivity index (χ1v) is 4.34. The minimum Gasteiger partial charge on any atom is -0.317 e. The second-order valence-corrected chi connectivity index (χ2v) is 2.85. The van der Waals surface area contributed by atoms with E-state index < -0.39 is 0 Å². The molecule has 12 heavy (non-hydrogen) atoms. The largest absolute Gasteiger partial charge is 0.317 e. The number of hydroxylamine groups is 1. The Morgan fingerprint density at radius 3 is 2.50 bits per heavy atom. The van der Waals surface area contributed by atoms with Crippen molar-refractivity contribution in [2.75, 3.05) is 6.54 Å². The second kappa shape index (κ2) is 5.75. The maximum absolute atomic E-state index is 8.31. The minimum atomic E-state index is 0.687.